The molecule has 3 nitrogen and oxygen atoms in total. The van der Waals surface area contributed by atoms with Gasteiger partial charge in [0.05, 0.1) is 0 Å². The number of piperidine rings is 1. The lowest BCUT2D eigenvalue weighted by Crippen LogP contribution is -2.56. The lowest BCUT2D eigenvalue weighted by atomic mass is 9.89. The van der Waals surface area contributed by atoms with Crippen molar-refractivity contribution in [3.8, 4) is 0 Å². The van der Waals surface area contributed by atoms with Crippen molar-refractivity contribution in [1.29, 1.82) is 0 Å². The second kappa shape index (κ2) is 6.47. The van der Waals surface area contributed by atoms with Crippen LogP contribution in [0.1, 0.15) is 29.9 Å². The Morgan fingerprint density at radius 1 is 1.05 bits per heavy atom. The van der Waals surface area contributed by atoms with E-state index < -0.39 is 0 Å². The third-order valence-electron chi connectivity index (χ3n) is 5.24. The molecule has 21 heavy (non-hydrogen) atoms. The molecule has 0 aliphatic carbocycles. The molecule has 2 aliphatic rings. The summed E-state index contributed by atoms with van der Waals surface area (Å²) in [6.45, 7) is 6.02. The monoisotopic (exact) mass is 287 g/mol. The van der Waals surface area contributed by atoms with E-state index in [0.29, 0.717) is 0 Å². The molecular weight excluding hydrogens is 258 g/mol. The minimum atomic E-state index is 0.753. The Kier molecular flexibility index (Phi) is 4.63. The minimum Gasteiger partial charge on any atom is -0.306 e. The molecule has 2 aliphatic heterocycles. The Labute approximate surface area is 129 Å². The fraction of sp³-hybridized carbons (Fsp3) is 0.667. The van der Waals surface area contributed by atoms with Crippen molar-refractivity contribution in [3.63, 3.8) is 0 Å². The third kappa shape index (κ3) is 3.65. The number of rotatable bonds is 4. The number of nitrogens with zero attached hydrogens (tertiary/aromatic N) is 3. The molecule has 116 valence electrons. The summed E-state index contributed by atoms with van der Waals surface area (Å²) in [6, 6.07) is 10.2. The van der Waals surface area contributed by atoms with Crippen LogP contribution in [0.15, 0.2) is 24.3 Å². The van der Waals surface area contributed by atoms with Gasteiger partial charge < -0.3 is 9.80 Å². The summed E-state index contributed by atoms with van der Waals surface area (Å²) in [5, 5.41) is 0. The predicted octanol–water partition coefficient (Wildman–Crippen LogP) is 2.24. The fourth-order valence-corrected chi connectivity index (χ4v) is 3.49. The highest BCUT2D eigenvalue weighted by Crippen LogP contribution is 2.28. The summed E-state index contributed by atoms with van der Waals surface area (Å²) in [7, 11) is 6.59. The topological polar surface area (TPSA) is 9.72 Å². The molecular formula is C18H29N3. The van der Waals surface area contributed by atoms with Crippen molar-refractivity contribution < 1.29 is 0 Å². The summed E-state index contributed by atoms with van der Waals surface area (Å²) < 4.78 is 0. The molecule has 0 N–H and O–H groups in total. The van der Waals surface area contributed by atoms with E-state index in [1.165, 1.54) is 44.6 Å². The van der Waals surface area contributed by atoms with E-state index in [1.54, 1.807) is 5.56 Å². The molecule has 0 spiro atoms. The Balaban J connectivity index is 1.51. The first-order valence-electron chi connectivity index (χ1n) is 8.28. The van der Waals surface area contributed by atoms with Gasteiger partial charge in [-0.3, -0.25) is 4.90 Å². The van der Waals surface area contributed by atoms with Crippen LogP contribution < -0.4 is 0 Å². The van der Waals surface area contributed by atoms with Gasteiger partial charge in [-0.05, 0) is 64.1 Å². The number of likely N-dealkylation sites (N-methyl/N-ethyl adjacent to an activating group) is 1. The van der Waals surface area contributed by atoms with E-state index >= 15 is 0 Å². The minimum absolute atomic E-state index is 0.753. The molecule has 0 saturated carbocycles. The number of hydrogen-bond acceptors (Lipinski definition) is 3. The Hall–Kier alpha value is -0.900. The average molecular weight is 287 g/mol. The van der Waals surface area contributed by atoms with Crippen molar-refractivity contribution in [3.05, 3.63) is 35.4 Å². The van der Waals surface area contributed by atoms with Gasteiger partial charge in [0.25, 0.3) is 0 Å². The summed E-state index contributed by atoms with van der Waals surface area (Å²) in [4.78, 5) is 7.31. The van der Waals surface area contributed by atoms with E-state index in [0.717, 1.165) is 18.5 Å². The molecule has 0 amide bonds. The van der Waals surface area contributed by atoms with Gasteiger partial charge in [-0.2, -0.15) is 0 Å². The summed E-state index contributed by atoms with van der Waals surface area (Å²) in [6.07, 6.45) is 2.62. The molecule has 2 heterocycles. The zero-order valence-corrected chi connectivity index (χ0v) is 13.8. The molecule has 0 bridgehead atoms. The molecule has 3 heteroatoms. The maximum atomic E-state index is 2.54. The van der Waals surface area contributed by atoms with E-state index in [1.807, 2.05) is 0 Å². The average Bonchev–Trinajstić information content (AvgIpc) is 2.43. The number of benzene rings is 1. The van der Waals surface area contributed by atoms with E-state index in [-0.39, 0.29) is 0 Å². The third-order valence-corrected chi connectivity index (χ3v) is 5.24. The molecule has 0 unspecified atom stereocenters. The van der Waals surface area contributed by atoms with Gasteiger partial charge in [-0.15, -0.1) is 0 Å². The normalized spacial score (nSPS) is 22.7. The largest absolute Gasteiger partial charge is 0.306 e. The Morgan fingerprint density at radius 3 is 2.24 bits per heavy atom. The van der Waals surface area contributed by atoms with Gasteiger partial charge in [0.2, 0.25) is 0 Å². The Morgan fingerprint density at radius 2 is 1.67 bits per heavy atom. The van der Waals surface area contributed by atoms with Crippen LogP contribution in [0.25, 0.3) is 0 Å². The van der Waals surface area contributed by atoms with Crippen LogP contribution in [-0.2, 0) is 6.54 Å². The van der Waals surface area contributed by atoms with Crippen LogP contribution >= 0.6 is 0 Å². The fourth-order valence-electron chi connectivity index (χ4n) is 3.49. The highest BCUT2D eigenvalue weighted by Gasteiger charge is 2.27. The lowest BCUT2D eigenvalue weighted by molar-refractivity contribution is 0.0574. The Bertz CT molecular complexity index is 440. The van der Waals surface area contributed by atoms with Gasteiger partial charge in [0.15, 0.2) is 0 Å². The van der Waals surface area contributed by atoms with E-state index in [4.69, 9.17) is 0 Å². The molecule has 0 aromatic heterocycles. The first kappa shape index (κ1) is 15.0. The van der Waals surface area contributed by atoms with Crippen LogP contribution in [0.3, 0.4) is 0 Å². The maximum absolute atomic E-state index is 2.54. The van der Waals surface area contributed by atoms with Crippen molar-refractivity contribution in [2.45, 2.75) is 31.3 Å². The zero-order valence-electron chi connectivity index (χ0n) is 13.8. The van der Waals surface area contributed by atoms with Crippen LogP contribution in [0.5, 0.6) is 0 Å². The zero-order chi connectivity index (χ0) is 14.8. The molecule has 1 aromatic carbocycles. The second-order valence-corrected chi connectivity index (χ2v) is 7.13. The lowest BCUT2D eigenvalue weighted by Gasteiger charge is -2.42. The van der Waals surface area contributed by atoms with Crippen LogP contribution in [0.2, 0.25) is 0 Å². The standard InChI is InChI=1S/C18H29N3/c1-19(2)18-13-21(14-18)12-15-4-6-16(7-5-15)17-8-10-20(3)11-9-17/h4-7,17-18H,8-14H2,1-3H3. The molecule has 0 radical (unpaired) electrons. The smallest absolute Gasteiger partial charge is 0.0344 e. The quantitative estimate of drug-likeness (QED) is 0.841. The molecule has 1 aromatic rings. The van der Waals surface area contributed by atoms with Gasteiger partial charge in [-0.25, -0.2) is 0 Å². The maximum Gasteiger partial charge on any atom is 0.0344 e. The van der Waals surface area contributed by atoms with Gasteiger partial charge in [0.1, 0.15) is 0 Å². The van der Waals surface area contributed by atoms with Crippen molar-refractivity contribution in [2.24, 2.45) is 0 Å². The van der Waals surface area contributed by atoms with Crippen LogP contribution in [-0.4, -0.2) is 68.1 Å². The second-order valence-electron chi connectivity index (χ2n) is 7.13. The van der Waals surface area contributed by atoms with Crippen molar-refractivity contribution in [2.75, 3.05) is 47.3 Å². The summed E-state index contributed by atoms with van der Waals surface area (Å²) in [5.74, 6) is 0.775. The van der Waals surface area contributed by atoms with Gasteiger partial charge in [-0.1, -0.05) is 24.3 Å². The van der Waals surface area contributed by atoms with Crippen LogP contribution in [0, 0.1) is 0 Å². The number of hydrogen-bond donors (Lipinski definition) is 0. The predicted molar refractivity (Wildman–Crippen MR) is 88.7 cm³/mol. The summed E-state index contributed by atoms with van der Waals surface area (Å²) in [5.41, 5.74) is 3.01. The summed E-state index contributed by atoms with van der Waals surface area (Å²) >= 11 is 0. The van der Waals surface area contributed by atoms with Crippen LogP contribution in [0.4, 0.5) is 0 Å². The molecule has 2 fully saturated rings. The van der Waals surface area contributed by atoms with Crippen molar-refractivity contribution >= 4 is 0 Å². The highest BCUT2D eigenvalue weighted by molar-refractivity contribution is 5.26. The molecule has 2 saturated heterocycles. The first-order chi connectivity index (χ1) is 10.1. The number of likely N-dealkylation sites (tertiary alicyclic amines) is 2. The van der Waals surface area contributed by atoms with Gasteiger partial charge >= 0.3 is 0 Å². The van der Waals surface area contributed by atoms with Gasteiger partial charge in [0, 0.05) is 25.7 Å². The van der Waals surface area contributed by atoms with E-state index in [9.17, 15) is 0 Å². The SMILES string of the molecule is CN1CCC(c2ccc(CN3CC(N(C)C)C3)cc2)CC1. The van der Waals surface area contributed by atoms with Crippen molar-refractivity contribution in [1.82, 2.24) is 14.7 Å². The first-order valence-corrected chi connectivity index (χ1v) is 8.28. The molecule has 0 atom stereocenters. The van der Waals surface area contributed by atoms with E-state index in [2.05, 4.69) is 60.1 Å². The highest BCUT2D eigenvalue weighted by atomic mass is 15.3. The molecule has 3 rings (SSSR count).